The van der Waals surface area contributed by atoms with Crippen molar-refractivity contribution in [3.63, 3.8) is 0 Å². The third kappa shape index (κ3) is 5.85. The second kappa shape index (κ2) is 9.15. The van der Waals surface area contributed by atoms with Gasteiger partial charge in [0.05, 0.1) is 12.8 Å². The minimum atomic E-state index is -0.133. The number of nitrogens with one attached hydrogen (secondary N) is 3. The van der Waals surface area contributed by atoms with Gasteiger partial charge >= 0.3 is 12.1 Å². The highest BCUT2D eigenvalue weighted by atomic mass is 16.5. The van der Waals surface area contributed by atoms with Crippen LogP contribution < -0.4 is 20.7 Å². The van der Waals surface area contributed by atoms with Gasteiger partial charge in [0.15, 0.2) is 0 Å². The number of urea groups is 2. The zero-order valence-electron chi connectivity index (χ0n) is 15.2. The molecule has 0 spiro atoms. The molecule has 0 aliphatic carbocycles. The van der Waals surface area contributed by atoms with E-state index in [9.17, 15) is 9.59 Å². The van der Waals surface area contributed by atoms with Crippen molar-refractivity contribution in [1.29, 1.82) is 0 Å². The second-order valence-electron chi connectivity index (χ2n) is 6.57. The van der Waals surface area contributed by atoms with Gasteiger partial charge in [0.2, 0.25) is 0 Å². The molecular formula is C18H28N4O3. The van der Waals surface area contributed by atoms with Crippen LogP contribution in [0.3, 0.4) is 0 Å². The van der Waals surface area contributed by atoms with Crippen molar-refractivity contribution < 1.29 is 14.3 Å². The number of hydrogen-bond donors (Lipinski definition) is 3. The van der Waals surface area contributed by atoms with Crippen molar-refractivity contribution in [3.05, 3.63) is 24.3 Å². The first-order chi connectivity index (χ1) is 12.0. The zero-order valence-corrected chi connectivity index (χ0v) is 15.2. The highest BCUT2D eigenvalue weighted by molar-refractivity contribution is 5.91. The molecule has 1 aliphatic heterocycles. The van der Waals surface area contributed by atoms with Gasteiger partial charge in [0, 0.05) is 25.7 Å². The van der Waals surface area contributed by atoms with E-state index in [0.717, 1.165) is 12.8 Å². The van der Waals surface area contributed by atoms with Crippen LogP contribution in [0, 0.1) is 5.92 Å². The van der Waals surface area contributed by atoms with Gasteiger partial charge in [-0.1, -0.05) is 12.1 Å². The van der Waals surface area contributed by atoms with Crippen LogP contribution in [0.15, 0.2) is 24.3 Å². The Morgan fingerprint density at radius 2 is 1.92 bits per heavy atom. The molecule has 138 valence electrons. The smallest absolute Gasteiger partial charge is 0.321 e. The Balaban J connectivity index is 1.76. The second-order valence-corrected chi connectivity index (χ2v) is 6.57. The Bertz CT molecular complexity index is 583. The van der Waals surface area contributed by atoms with Crippen molar-refractivity contribution in [1.82, 2.24) is 15.5 Å². The minimum Gasteiger partial charge on any atom is -0.495 e. The predicted molar refractivity (Wildman–Crippen MR) is 98.0 cm³/mol. The van der Waals surface area contributed by atoms with Crippen LogP contribution >= 0.6 is 0 Å². The van der Waals surface area contributed by atoms with Crippen molar-refractivity contribution in [2.75, 3.05) is 32.1 Å². The fraction of sp³-hybridized carbons (Fsp3) is 0.556. The summed E-state index contributed by atoms with van der Waals surface area (Å²) in [6.07, 6.45) is 1.75. The minimum absolute atomic E-state index is 0.117. The Labute approximate surface area is 149 Å². The summed E-state index contributed by atoms with van der Waals surface area (Å²) in [5.41, 5.74) is 0.671. The summed E-state index contributed by atoms with van der Waals surface area (Å²) in [6, 6.07) is 7.23. The summed E-state index contributed by atoms with van der Waals surface area (Å²) in [5, 5.41) is 8.61. The van der Waals surface area contributed by atoms with Gasteiger partial charge in [0.25, 0.3) is 0 Å². The SMILES string of the molecule is COc1ccccc1NC(=O)N1CCC(CNC(=O)NC(C)C)CC1. The Morgan fingerprint density at radius 3 is 2.56 bits per heavy atom. The van der Waals surface area contributed by atoms with Crippen LogP contribution in [0.2, 0.25) is 0 Å². The largest absolute Gasteiger partial charge is 0.495 e. The summed E-state index contributed by atoms with van der Waals surface area (Å²) in [6.45, 7) is 5.86. The molecule has 1 fully saturated rings. The molecular weight excluding hydrogens is 320 g/mol. The maximum Gasteiger partial charge on any atom is 0.321 e. The third-order valence-electron chi connectivity index (χ3n) is 4.22. The molecule has 0 unspecified atom stereocenters. The first-order valence-corrected chi connectivity index (χ1v) is 8.73. The van der Waals surface area contributed by atoms with Gasteiger partial charge in [-0.2, -0.15) is 0 Å². The summed E-state index contributed by atoms with van der Waals surface area (Å²) < 4.78 is 5.25. The number of anilines is 1. The molecule has 0 atom stereocenters. The lowest BCUT2D eigenvalue weighted by molar-refractivity contribution is 0.180. The van der Waals surface area contributed by atoms with E-state index >= 15 is 0 Å². The first-order valence-electron chi connectivity index (χ1n) is 8.73. The monoisotopic (exact) mass is 348 g/mol. The molecule has 7 nitrogen and oxygen atoms in total. The maximum absolute atomic E-state index is 12.4. The molecule has 1 aromatic rings. The average Bonchev–Trinajstić information content (AvgIpc) is 2.60. The van der Waals surface area contributed by atoms with E-state index in [0.29, 0.717) is 37.0 Å². The molecule has 2 rings (SSSR count). The van der Waals surface area contributed by atoms with Gasteiger partial charge in [-0.25, -0.2) is 9.59 Å². The van der Waals surface area contributed by atoms with Gasteiger partial charge < -0.3 is 25.6 Å². The molecule has 1 aromatic carbocycles. The molecule has 0 aromatic heterocycles. The summed E-state index contributed by atoms with van der Waals surface area (Å²) in [7, 11) is 1.58. The predicted octanol–water partition coefficient (Wildman–Crippen LogP) is 2.65. The summed E-state index contributed by atoms with van der Waals surface area (Å²) >= 11 is 0. The van der Waals surface area contributed by atoms with E-state index in [4.69, 9.17) is 4.74 Å². The van der Waals surface area contributed by atoms with Crippen LogP contribution in [0.4, 0.5) is 15.3 Å². The number of methoxy groups -OCH3 is 1. The number of piperidine rings is 1. The number of benzene rings is 1. The van der Waals surface area contributed by atoms with Gasteiger partial charge in [0.1, 0.15) is 5.75 Å². The Kier molecular flexibility index (Phi) is 6.91. The fourth-order valence-corrected chi connectivity index (χ4v) is 2.83. The van der Waals surface area contributed by atoms with Crippen molar-refractivity contribution in [2.45, 2.75) is 32.7 Å². The number of rotatable bonds is 5. The Morgan fingerprint density at radius 1 is 1.24 bits per heavy atom. The zero-order chi connectivity index (χ0) is 18.2. The molecule has 0 saturated carbocycles. The Hall–Kier alpha value is -2.44. The van der Waals surface area contributed by atoms with Crippen molar-refractivity contribution in [2.24, 2.45) is 5.92 Å². The van der Waals surface area contributed by atoms with Crippen LogP contribution in [0.25, 0.3) is 0 Å². The molecule has 3 N–H and O–H groups in total. The number of para-hydroxylation sites is 2. The number of nitrogens with zero attached hydrogens (tertiary/aromatic N) is 1. The molecule has 1 saturated heterocycles. The number of carbonyl (C=O) groups excluding carboxylic acids is 2. The van der Waals surface area contributed by atoms with E-state index in [1.54, 1.807) is 12.0 Å². The third-order valence-corrected chi connectivity index (χ3v) is 4.22. The maximum atomic E-state index is 12.4. The number of likely N-dealkylation sites (tertiary alicyclic amines) is 1. The van der Waals surface area contributed by atoms with Gasteiger partial charge in [-0.3, -0.25) is 0 Å². The average molecular weight is 348 g/mol. The van der Waals surface area contributed by atoms with Crippen LogP contribution in [-0.2, 0) is 0 Å². The fourth-order valence-electron chi connectivity index (χ4n) is 2.83. The van der Waals surface area contributed by atoms with Crippen molar-refractivity contribution >= 4 is 17.7 Å². The summed E-state index contributed by atoms with van der Waals surface area (Å²) in [5.74, 6) is 1.04. The number of ether oxygens (including phenoxy) is 1. The molecule has 0 bridgehead atoms. The standard InChI is InChI=1S/C18H28N4O3/c1-13(2)20-17(23)19-12-14-8-10-22(11-9-14)18(24)21-15-6-4-5-7-16(15)25-3/h4-7,13-14H,8-12H2,1-3H3,(H,21,24)(H2,19,20,23). The van der Waals surface area contributed by atoms with Crippen LogP contribution in [0.5, 0.6) is 5.75 Å². The van der Waals surface area contributed by atoms with Gasteiger partial charge in [-0.15, -0.1) is 0 Å². The van der Waals surface area contributed by atoms with Gasteiger partial charge in [-0.05, 0) is 44.7 Å². The molecule has 0 radical (unpaired) electrons. The number of hydrogen-bond acceptors (Lipinski definition) is 3. The normalized spacial score (nSPS) is 15.0. The first kappa shape index (κ1) is 18.9. The lowest BCUT2D eigenvalue weighted by Gasteiger charge is -2.32. The van der Waals surface area contributed by atoms with Crippen LogP contribution in [-0.4, -0.2) is 49.7 Å². The summed E-state index contributed by atoms with van der Waals surface area (Å²) in [4.78, 5) is 25.8. The highest BCUT2D eigenvalue weighted by Crippen LogP contribution is 2.24. The molecule has 4 amide bonds. The van der Waals surface area contributed by atoms with Crippen LogP contribution in [0.1, 0.15) is 26.7 Å². The van der Waals surface area contributed by atoms with E-state index in [1.807, 2.05) is 38.1 Å². The van der Waals surface area contributed by atoms with Crippen molar-refractivity contribution in [3.8, 4) is 5.75 Å². The lowest BCUT2D eigenvalue weighted by atomic mass is 9.97. The molecule has 1 aliphatic rings. The molecule has 25 heavy (non-hydrogen) atoms. The molecule has 1 heterocycles. The van der Waals surface area contributed by atoms with E-state index in [1.165, 1.54) is 0 Å². The lowest BCUT2D eigenvalue weighted by Crippen LogP contribution is -2.45. The number of amides is 4. The topological polar surface area (TPSA) is 82.7 Å². The molecule has 7 heteroatoms. The van der Waals surface area contributed by atoms with E-state index in [2.05, 4.69) is 16.0 Å². The number of carbonyl (C=O) groups is 2. The quantitative estimate of drug-likeness (QED) is 0.765. The van der Waals surface area contributed by atoms with E-state index < -0.39 is 0 Å². The van der Waals surface area contributed by atoms with E-state index in [-0.39, 0.29) is 18.1 Å². The highest BCUT2D eigenvalue weighted by Gasteiger charge is 2.23.